The summed E-state index contributed by atoms with van der Waals surface area (Å²) in [6.45, 7) is 2.58. The average molecular weight is 344 g/mol. The summed E-state index contributed by atoms with van der Waals surface area (Å²) in [5.74, 6) is -0.0330. The third-order valence-corrected chi connectivity index (χ3v) is 4.26. The first-order valence-electron chi connectivity index (χ1n) is 8.10. The molecule has 0 aromatic heterocycles. The molecule has 4 heteroatoms. The van der Waals surface area contributed by atoms with Gasteiger partial charge in [0.2, 0.25) is 5.91 Å². The number of nitrogens with zero attached hydrogens (tertiary/aromatic N) is 1. The van der Waals surface area contributed by atoms with Crippen molar-refractivity contribution in [2.75, 3.05) is 7.05 Å². The molecule has 0 unspecified atom stereocenters. The van der Waals surface area contributed by atoms with Gasteiger partial charge in [-0.05, 0) is 29.7 Å². The summed E-state index contributed by atoms with van der Waals surface area (Å²) in [6, 6.07) is 15.0. The van der Waals surface area contributed by atoms with E-state index in [2.05, 4.69) is 6.92 Å². The predicted molar refractivity (Wildman–Crippen MR) is 97.3 cm³/mol. The first kappa shape index (κ1) is 18.2. The van der Waals surface area contributed by atoms with E-state index < -0.39 is 0 Å². The smallest absolute Gasteiger partial charge is 0.223 e. The Morgan fingerprint density at radius 3 is 2.08 bits per heavy atom. The Bertz CT molecular complexity index is 693. The molecule has 0 radical (unpaired) electrons. The number of rotatable bonds is 7. The van der Waals surface area contributed by atoms with E-state index in [0.29, 0.717) is 17.1 Å². The van der Waals surface area contributed by atoms with E-state index in [9.17, 15) is 9.59 Å². The Kier molecular flexibility index (Phi) is 6.56. The summed E-state index contributed by atoms with van der Waals surface area (Å²) < 4.78 is 0. The molecule has 0 aliphatic rings. The van der Waals surface area contributed by atoms with Crippen LogP contribution in [0.1, 0.15) is 41.3 Å². The third kappa shape index (κ3) is 5.20. The quantitative estimate of drug-likeness (QED) is 0.693. The summed E-state index contributed by atoms with van der Waals surface area (Å²) >= 11 is 5.85. The fourth-order valence-electron chi connectivity index (χ4n) is 2.43. The number of amides is 1. The maximum Gasteiger partial charge on any atom is 0.223 e. The molecule has 0 saturated heterocycles. The van der Waals surface area contributed by atoms with Gasteiger partial charge < -0.3 is 4.90 Å². The first-order chi connectivity index (χ1) is 11.5. The molecule has 126 valence electrons. The number of Topliss-reactive ketones (excluding diaryl/α,β-unsaturated/α-hetero) is 1. The molecule has 0 aliphatic carbocycles. The second-order valence-electron chi connectivity index (χ2n) is 5.85. The highest BCUT2D eigenvalue weighted by Crippen LogP contribution is 2.13. The molecule has 0 atom stereocenters. The second kappa shape index (κ2) is 8.65. The Balaban J connectivity index is 1.84. The molecule has 0 spiro atoms. The van der Waals surface area contributed by atoms with Crippen LogP contribution in [0.5, 0.6) is 0 Å². The molecule has 1 amide bonds. The van der Waals surface area contributed by atoms with Crippen LogP contribution in [0, 0.1) is 0 Å². The molecule has 0 saturated carbocycles. The van der Waals surface area contributed by atoms with Crippen molar-refractivity contribution in [2.45, 2.75) is 32.7 Å². The van der Waals surface area contributed by atoms with Crippen LogP contribution in [-0.2, 0) is 17.8 Å². The van der Waals surface area contributed by atoms with Crippen molar-refractivity contribution >= 4 is 23.3 Å². The van der Waals surface area contributed by atoms with Crippen molar-refractivity contribution in [3.63, 3.8) is 0 Å². The molecule has 0 N–H and O–H groups in total. The zero-order valence-electron chi connectivity index (χ0n) is 14.1. The van der Waals surface area contributed by atoms with Crippen molar-refractivity contribution in [2.24, 2.45) is 0 Å². The SMILES string of the molecule is CCc1ccc(C(=O)CCC(=O)N(C)Cc2ccc(Cl)cc2)cc1. The van der Waals surface area contributed by atoms with Gasteiger partial charge in [-0.15, -0.1) is 0 Å². The van der Waals surface area contributed by atoms with E-state index in [1.54, 1.807) is 24.1 Å². The normalized spacial score (nSPS) is 10.5. The van der Waals surface area contributed by atoms with Gasteiger partial charge in [0, 0.05) is 37.0 Å². The molecule has 0 bridgehead atoms. The number of hydrogen-bond donors (Lipinski definition) is 0. The second-order valence-corrected chi connectivity index (χ2v) is 6.29. The molecule has 24 heavy (non-hydrogen) atoms. The maximum absolute atomic E-state index is 12.2. The van der Waals surface area contributed by atoms with Gasteiger partial charge in [-0.1, -0.05) is 54.9 Å². The van der Waals surface area contributed by atoms with E-state index in [1.807, 2.05) is 36.4 Å². The van der Waals surface area contributed by atoms with Crippen LogP contribution in [0.4, 0.5) is 0 Å². The Labute approximate surface area is 148 Å². The van der Waals surface area contributed by atoms with Crippen molar-refractivity contribution in [1.29, 1.82) is 0 Å². The van der Waals surface area contributed by atoms with E-state index in [0.717, 1.165) is 12.0 Å². The van der Waals surface area contributed by atoms with Crippen LogP contribution in [0.15, 0.2) is 48.5 Å². The summed E-state index contributed by atoms with van der Waals surface area (Å²) in [5.41, 5.74) is 2.88. The Hall–Kier alpha value is -2.13. The first-order valence-corrected chi connectivity index (χ1v) is 8.48. The van der Waals surface area contributed by atoms with Gasteiger partial charge in [0.05, 0.1) is 0 Å². The van der Waals surface area contributed by atoms with Gasteiger partial charge in [-0.3, -0.25) is 9.59 Å². The van der Waals surface area contributed by atoms with Gasteiger partial charge >= 0.3 is 0 Å². The molecule has 0 fully saturated rings. The van der Waals surface area contributed by atoms with Crippen LogP contribution in [0.2, 0.25) is 5.02 Å². The Morgan fingerprint density at radius 1 is 0.917 bits per heavy atom. The number of ketones is 1. The van der Waals surface area contributed by atoms with Crippen molar-refractivity contribution in [3.8, 4) is 0 Å². The van der Waals surface area contributed by atoms with E-state index in [4.69, 9.17) is 11.6 Å². The minimum atomic E-state index is -0.0384. The number of aryl methyl sites for hydroxylation is 1. The standard InChI is InChI=1S/C20H22ClNO2/c1-3-15-4-8-17(9-5-15)19(23)12-13-20(24)22(2)14-16-6-10-18(21)11-7-16/h4-11H,3,12-14H2,1-2H3. The van der Waals surface area contributed by atoms with Crippen molar-refractivity contribution in [3.05, 3.63) is 70.2 Å². The summed E-state index contributed by atoms with van der Waals surface area (Å²) in [5, 5.41) is 0.674. The van der Waals surface area contributed by atoms with Crippen LogP contribution in [0.3, 0.4) is 0 Å². The number of hydrogen-bond acceptors (Lipinski definition) is 2. The summed E-state index contributed by atoms with van der Waals surface area (Å²) in [4.78, 5) is 26.0. The molecule has 2 aromatic carbocycles. The van der Waals surface area contributed by atoms with Crippen LogP contribution < -0.4 is 0 Å². The molecular weight excluding hydrogens is 322 g/mol. The maximum atomic E-state index is 12.2. The van der Waals surface area contributed by atoms with Crippen molar-refractivity contribution in [1.82, 2.24) is 4.90 Å². The minimum Gasteiger partial charge on any atom is -0.341 e. The van der Waals surface area contributed by atoms with E-state index in [1.165, 1.54) is 5.56 Å². The Morgan fingerprint density at radius 2 is 1.50 bits per heavy atom. The van der Waals surface area contributed by atoms with Gasteiger partial charge in [0.15, 0.2) is 5.78 Å². The van der Waals surface area contributed by atoms with Crippen LogP contribution in [0.25, 0.3) is 0 Å². The van der Waals surface area contributed by atoms with E-state index in [-0.39, 0.29) is 24.5 Å². The lowest BCUT2D eigenvalue weighted by Crippen LogP contribution is -2.26. The number of carbonyl (C=O) groups excluding carboxylic acids is 2. The fraction of sp³-hybridized carbons (Fsp3) is 0.300. The minimum absolute atomic E-state index is 0.00546. The fourth-order valence-corrected chi connectivity index (χ4v) is 2.56. The monoisotopic (exact) mass is 343 g/mol. The number of halogens is 1. The molecule has 0 aliphatic heterocycles. The highest BCUT2D eigenvalue weighted by atomic mass is 35.5. The van der Waals surface area contributed by atoms with Gasteiger partial charge in [0.1, 0.15) is 0 Å². The van der Waals surface area contributed by atoms with Gasteiger partial charge in [-0.2, -0.15) is 0 Å². The lowest BCUT2D eigenvalue weighted by Gasteiger charge is -2.17. The largest absolute Gasteiger partial charge is 0.341 e. The number of carbonyl (C=O) groups is 2. The topological polar surface area (TPSA) is 37.4 Å². The summed E-state index contributed by atoms with van der Waals surface area (Å²) in [7, 11) is 1.75. The highest BCUT2D eigenvalue weighted by Gasteiger charge is 2.13. The predicted octanol–water partition coefficient (Wildman–Crippen LogP) is 4.52. The highest BCUT2D eigenvalue weighted by molar-refractivity contribution is 6.30. The van der Waals surface area contributed by atoms with Crippen LogP contribution >= 0.6 is 11.6 Å². The third-order valence-electron chi connectivity index (χ3n) is 4.01. The van der Waals surface area contributed by atoms with Gasteiger partial charge in [0.25, 0.3) is 0 Å². The van der Waals surface area contributed by atoms with E-state index >= 15 is 0 Å². The molecule has 2 aromatic rings. The lowest BCUT2D eigenvalue weighted by atomic mass is 10.0. The molecular formula is C20H22ClNO2. The molecule has 0 heterocycles. The molecule has 3 nitrogen and oxygen atoms in total. The van der Waals surface area contributed by atoms with Crippen LogP contribution in [-0.4, -0.2) is 23.6 Å². The van der Waals surface area contributed by atoms with Gasteiger partial charge in [-0.25, -0.2) is 0 Å². The molecule has 2 rings (SSSR count). The van der Waals surface area contributed by atoms with Crippen molar-refractivity contribution < 1.29 is 9.59 Å². The lowest BCUT2D eigenvalue weighted by molar-refractivity contribution is -0.130. The number of benzene rings is 2. The average Bonchev–Trinajstić information content (AvgIpc) is 2.61. The zero-order valence-corrected chi connectivity index (χ0v) is 14.8. The zero-order chi connectivity index (χ0) is 17.5. The summed E-state index contributed by atoms with van der Waals surface area (Å²) in [6.07, 6.45) is 1.40.